The third-order valence-corrected chi connectivity index (χ3v) is 5.90. The van der Waals surface area contributed by atoms with Gasteiger partial charge in [0.1, 0.15) is 18.5 Å². The van der Waals surface area contributed by atoms with Crippen LogP contribution in [0.3, 0.4) is 0 Å². The lowest BCUT2D eigenvalue weighted by molar-refractivity contribution is -0.142. The van der Waals surface area contributed by atoms with Crippen LogP contribution in [0.25, 0.3) is 0 Å². The number of likely N-dealkylation sites (tertiary alicyclic amines) is 1. The highest BCUT2D eigenvalue weighted by Gasteiger charge is 2.37. The fourth-order valence-electron chi connectivity index (χ4n) is 4.43. The Labute approximate surface area is 193 Å². The summed E-state index contributed by atoms with van der Waals surface area (Å²) in [6, 6.07) is 20.8. The van der Waals surface area contributed by atoms with Crippen LogP contribution < -0.4 is 9.47 Å². The van der Waals surface area contributed by atoms with Crippen molar-refractivity contribution in [1.29, 1.82) is 0 Å². The number of aliphatic carboxylic acids is 1. The zero-order chi connectivity index (χ0) is 23.2. The van der Waals surface area contributed by atoms with E-state index in [4.69, 9.17) is 9.47 Å². The number of benzene rings is 3. The number of ether oxygens (including phenoxy) is 2. The molecule has 0 amide bonds. The molecule has 5 nitrogen and oxygen atoms in total. The van der Waals surface area contributed by atoms with Crippen molar-refractivity contribution in [1.82, 2.24) is 4.90 Å². The van der Waals surface area contributed by atoms with Crippen LogP contribution in [0.5, 0.6) is 11.5 Å². The molecule has 172 valence electrons. The molecule has 0 aliphatic carbocycles. The van der Waals surface area contributed by atoms with Gasteiger partial charge in [-0.3, -0.25) is 9.69 Å². The Bertz CT molecular complexity index is 1090. The van der Waals surface area contributed by atoms with Crippen molar-refractivity contribution in [3.63, 3.8) is 0 Å². The van der Waals surface area contributed by atoms with E-state index in [0.717, 1.165) is 17.5 Å². The predicted molar refractivity (Wildman–Crippen MR) is 124 cm³/mol. The maximum atomic E-state index is 14.1. The first-order chi connectivity index (χ1) is 16.1. The Morgan fingerprint density at radius 3 is 2.55 bits per heavy atom. The minimum atomic E-state index is -0.859. The molecule has 2 atom stereocenters. The van der Waals surface area contributed by atoms with E-state index >= 15 is 0 Å². The van der Waals surface area contributed by atoms with E-state index < -0.39 is 18.1 Å². The number of nitrogens with zero attached hydrogens (tertiary/aromatic N) is 1. The van der Waals surface area contributed by atoms with Crippen LogP contribution in [-0.2, 0) is 11.4 Å². The van der Waals surface area contributed by atoms with Gasteiger partial charge in [0.2, 0.25) is 0 Å². The van der Waals surface area contributed by atoms with Gasteiger partial charge in [0, 0.05) is 6.54 Å². The molecule has 4 rings (SSSR count). The Morgan fingerprint density at radius 1 is 1.03 bits per heavy atom. The van der Waals surface area contributed by atoms with E-state index in [1.165, 1.54) is 12.1 Å². The van der Waals surface area contributed by atoms with Gasteiger partial charge in [0.15, 0.2) is 11.5 Å². The normalized spacial score (nSPS) is 17.0. The molecule has 33 heavy (non-hydrogen) atoms. The molecule has 1 N–H and O–H groups in total. The van der Waals surface area contributed by atoms with E-state index in [9.17, 15) is 14.3 Å². The van der Waals surface area contributed by atoms with Crippen LogP contribution in [-0.4, -0.2) is 35.2 Å². The molecule has 1 fully saturated rings. The average molecular weight is 450 g/mol. The molecular formula is C27H28FNO4. The molecule has 6 heteroatoms. The lowest BCUT2D eigenvalue weighted by Crippen LogP contribution is -2.39. The first-order valence-corrected chi connectivity index (χ1v) is 11.2. The summed E-state index contributed by atoms with van der Waals surface area (Å²) in [7, 11) is 0. The van der Waals surface area contributed by atoms with Crippen LogP contribution in [0.1, 0.15) is 42.5 Å². The third kappa shape index (κ3) is 5.34. The van der Waals surface area contributed by atoms with Gasteiger partial charge in [0.05, 0.1) is 12.6 Å². The van der Waals surface area contributed by atoms with Crippen molar-refractivity contribution < 1.29 is 23.8 Å². The van der Waals surface area contributed by atoms with E-state index in [1.807, 2.05) is 66.4 Å². The maximum Gasteiger partial charge on any atom is 0.320 e. The molecular weight excluding hydrogens is 421 g/mol. The minimum absolute atomic E-state index is 0.351. The zero-order valence-electron chi connectivity index (χ0n) is 18.6. The summed E-state index contributed by atoms with van der Waals surface area (Å²) < 4.78 is 26.0. The molecule has 1 heterocycles. The Balaban J connectivity index is 1.70. The SMILES string of the molecule is CCOc1cc(C(c2cccc(F)c2)N2CCCC2C(=O)O)ccc1OCc1ccccc1. The molecule has 3 aromatic rings. The second-order valence-corrected chi connectivity index (χ2v) is 8.11. The number of carboxylic acid groups (broad SMARTS) is 1. The molecule has 0 aromatic heterocycles. The number of hydrogen-bond acceptors (Lipinski definition) is 4. The fourth-order valence-corrected chi connectivity index (χ4v) is 4.43. The number of carboxylic acids is 1. The van der Waals surface area contributed by atoms with Crippen LogP contribution in [0.2, 0.25) is 0 Å². The van der Waals surface area contributed by atoms with Crippen LogP contribution in [0.15, 0.2) is 72.8 Å². The Kier molecular flexibility index (Phi) is 7.25. The second kappa shape index (κ2) is 10.5. The molecule has 0 saturated carbocycles. The van der Waals surface area contributed by atoms with Crippen LogP contribution >= 0.6 is 0 Å². The Hall–Kier alpha value is -3.38. The number of hydrogen-bond donors (Lipinski definition) is 1. The van der Waals surface area contributed by atoms with Crippen molar-refractivity contribution in [2.24, 2.45) is 0 Å². The summed E-state index contributed by atoms with van der Waals surface area (Å²) in [6.07, 6.45) is 1.34. The molecule has 0 bridgehead atoms. The van der Waals surface area contributed by atoms with Gasteiger partial charge >= 0.3 is 5.97 Å². The largest absolute Gasteiger partial charge is 0.490 e. The highest BCUT2D eigenvalue weighted by molar-refractivity contribution is 5.74. The molecule has 3 aromatic carbocycles. The number of carbonyl (C=O) groups is 1. The summed E-state index contributed by atoms with van der Waals surface area (Å²) in [5.41, 5.74) is 2.59. The van der Waals surface area contributed by atoms with Crippen molar-refractivity contribution in [3.8, 4) is 11.5 Å². The van der Waals surface area contributed by atoms with Crippen molar-refractivity contribution in [2.45, 2.75) is 38.5 Å². The Morgan fingerprint density at radius 2 is 1.82 bits per heavy atom. The van der Waals surface area contributed by atoms with Gasteiger partial charge in [-0.05, 0) is 60.7 Å². The van der Waals surface area contributed by atoms with Crippen molar-refractivity contribution in [3.05, 3.63) is 95.3 Å². The second-order valence-electron chi connectivity index (χ2n) is 8.11. The van der Waals surface area contributed by atoms with E-state index in [0.29, 0.717) is 43.2 Å². The van der Waals surface area contributed by atoms with E-state index in [-0.39, 0.29) is 5.82 Å². The smallest absolute Gasteiger partial charge is 0.320 e. The first-order valence-electron chi connectivity index (χ1n) is 11.2. The fraction of sp³-hybridized carbons (Fsp3) is 0.296. The lowest BCUT2D eigenvalue weighted by atomic mass is 9.95. The van der Waals surface area contributed by atoms with Gasteiger partial charge in [-0.15, -0.1) is 0 Å². The summed E-state index contributed by atoms with van der Waals surface area (Å²) in [5, 5.41) is 9.78. The maximum absolute atomic E-state index is 14.1. The predicted octanol–water partition coefficient (Wildman–Crippen LogP) is 5.44. The third-order valence-electron chi connectivity index (χ3n) is 5.90. The van der Waals surface area contributed by atoms with Gasteiger partial charge in [0.25, 0.3) is 0 Å². The summed E-state index contributed by atoms with van der Waals surface area (Å²) in [5.74, 6) is -0.0183. The molecule has 1 aliphatic rings. The molecule has 2 unspecified atom stereocenters. The minimum Gasteiger partial charge on any atom is -0.490 e. The van der Waals surface area contributed by atoms with Crippen LogP contribution in [0, 0.1) is 5.82 Å². The van der Waals surface area contributed by atoms with Gasteiger partial charge in [-0.1, -0.05) is 48.5 Å². The lowest BCUT2D eigenvalue weighted by Gasteiger charge is -2.32. The van der Waals surface area contributed by atoms with Gasteiger partial charge in [-0.2, -0.15) is 0 Å². The summed E-state index contributed by atoms with van der Waals surface area (Å²) >= 11 is 0. The standard InChI is InChI=1S/C27H28FNO4/c1-2-32-25-17-21(13-14-24(25)33-18-19-8-4-3-5-9-19)26(20-10-6-11-22(28)16-20)29-15-7-12-23(29)27(30)31/h3-6,8-11,13-14,16-17,23,26H,2,7,12,15,18H2,1H3,(H,30,31). The number of rotatable bonds is 9. The molecule has 1 aliphatic heterocycles. The van der Waals surface area contributed by atoms with Crippen molar-refractivity contribution in [2.75, 3.05) is 13.2 Å². The van der Waals surface area contributed by atoms with Crippen molar-refractivity contribution >= 4 is 5.97 Å². The van der Waals surface area contributed by atoms with E-state index in [1.54, 1.807) is 6.07 Å². The highest BCUT2D eigenvalue weighted by Crippen LogP contribution is 2.39. The number of halogens is 1. The van der Waals surface area contributed by atoms with Gasteiger partial charge < -0.3 is 14.6 Å². The topological polar surface area (TPSA) is 59.0 Å². The summed E-state index contributed by atoms with van der Waals surface area (Å²) in [4.78, 5) is 13.9. The average Bonchev–Trinajstić information content (AvgIpc) is 3.29. The van der Waals surface area contributed by atoms with Crippen LogP contribution in [0.4, 0.5) is 4.39 Å². The molecule has 0 spiro atoms. The quantitative estimate of drug-likeness (QED) is 0.471. The summed E-state index contributed by atoms with van der Waals surface area (Å²) in [6.45, 7) is 3.38. The molecule has 1 saturated heterocycles. The monoisotopic (exact) mass is 449 g/mol. The first kappa shape index (κ1) is 22.8. The van der Waals surface area contributed by atoms with E-state index in [2.05, 4.69) is 0 Å². The van der Waals surface area contributed by atoms with Gasteiger partial charge in [-0.25, -0.2) is 4.39 Å². The highest BCUT2D eigenvalue weighted by atomic mass is 19.1. The molecule has 0 radical (unpaired) electrons. The zero-order valence-corrected chi connectivity index (χ0v) is 18.6.